The van der Waals surface area contributed by atoms with Crippen LogP contribution in [0, 0.1) is 0 Å². The SMILES string of the molecule is CC(C)(C)OC(=O)NCCSCC(=O)NC(CCC(N)=O)C(=O)O. The summed E-state index contributed by atoms with van der Waals surface area (Å²) in [4.78, 5) is 44.7. The number of aliphatic carboxylic acids is 1. The molecule has 0 saturated heterocycles. The van der Waals surface area contributed by atoms with E-state index in [1.807, 2.05) is 0 Å². The summed E-state index contributed by atoms with van der Waals surface area (Å²) in [5.74, 6) is -1.81. The lowest BCUT2D eigenvalue weighted by Gasteiger charge is -2.19. The molecule has 0 bridgehead atoms. The molecule has 3 amide bonds. The van der Waals surface area contributed by atoms with Gasteiger partial charge in [-0.3, -0.25) is 9.59 Å². The minimum Gasteiger partial charge on any atom is -0.480 e. The van der Waals surface area contributed by atoms with E-state index in [1.165, 1.54) is 11.8 Å². The molecule has 0 aliphatic heterocycles. The largest absolute Gasteiger partial charge is 0.480 e. The van der Waals surface area contributed by atoms with Crippen LogP contribution in [-0.2, 0) is 19.1 Å². The van der Waals surface area contributed by atoms with Crippen molar-refractivity contribution in [1.82, 2.24) is 10.6 Å². The Morgan fingerprint density at radius 2 is 1.88 bits per heavy atom. The van der Waals surface area contributed by atoms with Crippen molar-refractivity contribution in [1.29, 1.82) is 0 Å². The van der Waals surface area contributed by atoms with E-state index in [0.717, 1.165) is 0 Å². The number of hydrogen-bond acceptors (Lipinski definition) is 6. The first-order chi connectivity index (χ1) is 11.0. The summed E-state index contributed by atoms with van der Waals surface area (Å²) in [6, 6.07) is -1.15. The van der Waals surface area contributed by atoms with Crippen molar-refractivity contribution in [3.63, 3.8) is 0 Å². The molecule has 9 nitrogen and oxygen atoms in total. The van der Waals surface area contributed by atoms with E-state index in [0.29, 0.717) is 12.3 Å². The molecular formula is C14H25N3O6S. The highest BCUT2D eigenvalue weighted by Gasteiger charge is 2.20. The van der Waals surface area contributed by atoms with Crippen molar-refractivity contribution in [2.45, 2.75) is 45.3 Å². The predicted octanol–water partition coefficient (Wildman–Crippen LogP) is 0.0792. The van der Waals surface area contributed by atoms with Gasteiger partial charge in [0.15, 0.2) is 0 Å². The van der Waals surface area contributed by atoms with E-state index in [4.69, 9.17) is 15.6 Å². The number of thioether (sulfide) groups is 1. The molecular weight excluding hydrogens is 338 g/mol. The van der Waals surface area contributed by atoms with Crippen molar-refractivity contribution < 1.29 is 29.0 Å². The summed E-state index contributed by atoms with van der Waals surface area (Å²) in [6.07, 6.45) is -0.712. The zero-order valence-electron chi connectivity index (χ0n) is 14.1. The molecule has 1 atom stereocenters. The molecule has 0 aromatic rings. The number of primary amides is 1. The van der Waals surface area contributed by atoms with Gasteiger partial charge in [-0.2, -0.15) is 11.8 Å². The van der Waals surface area contributed by atoms with Crippen molar-refractivity contribution in [3.05, 3.63) is 0 Å². The molecule has 24 heavy (non-hydrogen) atoms. The zero-order valence-corrected chi connectivity index (χ0v) is 14.9. The number of rotatable bonds is 10. The summed E-state index contributed by atoms with van der Waals surface area (Å²) in [7, 11) is 0. The second-order valence-electron chi connectivity index (χ2n) is 5.94. The Kier molecular flexibility index (Phi) is 9.86. The van der Waals surface area contributed by atoms with Crippen LogP contribution in [-0.4, -0.2) is 58.7 Å². The molecule has 10 heteroatoms. The lowest BCUT2D eigenvalue weighted by Crippen LogP contribution is -2.42. The van der Waals surface area contributed by atoms with Gasteiger partial charge < -0.3 is 26.2 Å². The molecule has 0 aliphatic carbocycles. The summed E-state index contributed by atoms with van der Waals surface area (Å²) < 4.78 is 5.05. The van der Waals surface area contributed by atoms with E-state index >= 15 is 0 Å². The van der Waals surface area contributed by atoms with Crippen LogP contribution in [0.1, 0.15) is 33.6 Å². The Morgan fingerprint density at radius 1 is 1.25 bits per heavy atom. The highest BCUT2D eigenvalue weighted by molar-refractivity contribution is 7.99. The molecule has 5 N–H and O–H groups in total. The normalized spacial score (nSPS) is 12.1. The van der Waals surface area contributed by atoms with Crippen LogP contribution in [0.5, 0.6) is 0 Å². The highest BCUT2D eigenvalue weighted by atomic mass is 32.2. The minimum atomic E-state index is -1.22. The lowest BCUT2D eigenvalue weighted by molar-refractivity contribution is -0.141. The first-order valence-electron chi connectivity index (χ1n) is 7.36. The summed E-state index contributed by atoms with van der Waals surface area (Å²) >= 11 is 1.23. The fourth-order valence-corrected chi connectivity index (χ4v) is 2.14. The van der Waals surface area contributed by atoms with E-state index in [-0.39, 0.29) is 18.6 Å². The molecule has 138 valence electrons. The molecule has 0 rings (SSSR count). The lowest BCUT2D eigenvalue weighted by atomic mass is 10.1. The van der Waals surface area contributed by atoms with Crippen LogP contribution in [0.25, 0.3) is 0 Å². The number of carboxylic acid groups (broad SMARTS) is 1. The van der Waals surface area contributed by atoms with E-state index in [2.05, 4.69) is 10.6 Å². The van der Waals surface area contributed by atoms with E-state index < -0.39 is 35.5 Å². The van der Waals surface area contributed by atoms with Gasteiger partial charge in [-0.1, -0.05) is 0 Å². The fourth-order valence-electron chi connectivity index (χ4n) is 1.48. The molecule has 0 aromatic carbocycles. The molecule has 0 aliphatic rings. The minimum absolute atomic E-state index is 0.0380. The third-order valence-electron chi connectivity index (χ3n) is 2.46. The van der Waals surface area contributed by atoms with Crippen LogP contribution >= 0.6 is 11.8 Å². The Hall–Kier alpha value is -1.97. The Morgan fingerprint density at radius 3 is 2.38 bits per heavy atom. The number of alkyl carbamates (subject to hydrolysis) is 1. The smallest absolute Gasteiger partial charge is 0.407 e. The number of nitrogens with two attached hydrogens (primary N) is 1. The number of carboxylic acids is 1. The van der Waals surface area contributed by atoms with Gasteiger partial charge in [0, 0.05) is 18.7 Å². The Balaban J connectivity index is 3.94. The van der Waals surface area contributed by atoms with Gasteiger partial charge in [-0.15, -0.1) is 0 Å². The van der Waals surface area contributed by atoms with Gasteiger partial charge in [-0.25, -0.2) is 9.59 Å². The van der Waals surface area contributed by atoms with Gasteiger partial charge in [0.1, 0.15) is 11.6 Å². The maximum atomic E-state index is 11.7. The zero-order chi connectivity index (χ0) is 18.8. The van der Waals surface area contributed by atoms with Gasteiger partial charge in [-0.05, 0) is 27.2 Å². The third kappa shape index (κ3) is 12.6. The Labute approximate surface area is 145 Å². The number of ether oxygens (including phenoxy) is 1. The molecule has 0 saturated carbocycles. The van der Waals surface area contributed by atoms with Crippen molar-refractivity contribution in [3.8, 4) is 0 Å². The fraction of sp³-hybridized carbons (Fsp3) is 0.714. The maximum Gasteiger partial charge on any atom is 0.407 e. The van der Waals surface area contributed by atoms with Crippen LogP contribution in [0.2, 0.25) is 0 Å². The number of nitrogens with one attached hydrogen (secondary N) is 2. The van der Waals surface area contributed by atoms with Gasteiger partial charge >= 0.3 is 12.1 Å². The maximum absolute atomic E-state index is 11.7. The van der Waals surface area contributed by atoms with Crippen LogP contribution in [0.4, 0.5) is 4.79 Å². The topological polar surface area (TPSA) is 148 Å². The molecule has 0 radical (unpaired) electrons. The molecule has 0 fully saturated rings. The third-order valence-corrected chi connectivity index (χ3v) is 3.42. The quantitative estimate of drug-likeness (QED) is 0.402. The standard InChI is InChI=1S/C14H25N3O6S/c1-14(2,3)23-13(22)16-6-7-24-8-11(19)17-9(12(20)21)4-5-10(15)18/h9H,4-8H2,1-3H3,(H2,15,18)(H,16,22)(H,17,19)(H,20,21). The van der Waals surface area contributed by atoms with Crippen molar-refractivity contribution in [2.75, 3.05) is 18.1 Å². The molecule has 1 unspecified atom stereocenters. The monoisotopic (exact) mass is 363 g/mol. The number of carbonyl (C=O) groups is 4. The van der Waals surface area contributed by atoms with E-state index in [1.54, 1.807) is 20.8 Å². The average Bonchev–Trinajstić information content (AvgIpc) is 2.40. The highest BCUT2D eigenvalue weighted by Crippen LogP contribution is 2.06. The number of carbonyl (C=O) groups excluding carboxylic acids is 3. The average molecular weight is 363 g/mol. The van der Waals surface area contributed by atoms with Gasteiger partial charge in [0.2, 0.25) is 11.8 Å². The molecule has 0 aromatic heterocycles. The van der Waals surface area contributed by atoms with Crippen molar-refractivity contribution in [2.24, 2.45) is 5.73 Å². The first kappa shape index (κ1) is 22.0. The van der Waals surface area contributed by atoms with Crippen LogP contribution in [0.3, 0.4) is 0 Å². The van der Waals surface area contributed by atoms with Crippen LogP contribution < -0.4 is 16.4 Å². The Bertz CT molecular complexity index is 464. The second-order valence-corrected chi connectivity index (χ2v) is 7.05. The van der Waals surface area contributed by atoms with Gasteiger partial charge in [0.05, 0.1) is 5.75 Å². The molecule has 0 spiro atoms. The van der Waals surface area contributed by atoms with Crippen LogP contribution in [0.15, 0.2) is 0 Å². The summed E-state index contributed by atoms with van der Waals surface area (Å²) in [5, 5.41) is 13.8. The van der Waals surface area contributed by atoms with E-state index in [9.17, 15) is 19.2 Å². The molecule has 0 heterocycles. The first-order valence-corrected chi connectivity index (χ1v) is 8.52. The second kappa shape index (κ2) is 10.7. The number of amides is 3. The summed E-state index contributed by atoms with van der Waals surface area (Å²) in [6.45, 7) is 5.57. The van der Waals surface area contributed by atoms with Crippen molar-refractivity contribution >= 4 is 35.6 Å². The predicted molar refractivity (Wildman–Crippen MR) is 89.6 cm³/mol. The van der Waals surface area contributed by atoms with Gasteiger partial charge in [0.25, 0.3) is 0 Å². The summed E-state index contributed by atoms with van der Waals surface area (Å²) in [5.41, 5.74) is 4.38. The number of hydrogen-bond donors (Lipinski definition) is 4.